The molecule has 33 heavy (non-hydrogen) atoms. The molecule has 0 radical (unpaired) electrons. The number of benzene rings is 1. The van der Waals surface area contributed by atoms with E-state index in [9.17, 15) is 37.1 Å². The highest BCUT2D eigenvalue weighted by molar-refractivity contribution is 5.99. The number of halogens is 4. The van der Waals surface area contributed by atoms with Crippen LogP contribution in [0.2, 0.25) is 0 Å². The summed E-state index contributed by atoms with van der Waals surface area (Å²) in [5.74, 6) is -3.50. The highest BCUT2D eigenvalue weighted by Crippen LogP contribution is 2.45. The lowest BCUT2D eigenvalue weighted by Gasteiger charge is -2.40. The van der Waals surface area contributed by atoms with Crippen LogP contribution in [0.1, 0.15) is 51.2 Å². The van der Waals surface area contributed by atoms with Gasteiger partial charge < -0.3 is 19.9 Å². The average molecular weight is 465 g/mol. The van der Waals surface area contributed by atoms with Crippen LogP contribution in [0, 0.1) is 11.7 Å². The van der Waals surface area contributed by atoms with Gasteiger partial charge in [0.15, 0.2) is 11.4 Å². The SMILES string of the molecule is O=C(NCc1cccc(C(F)(F)F)c1F)c1cn2c(c(O)c1=O)C(=O)N1[C@H]3CC[C@H](C3)[C@@H]1C2. The smallest absolute Gasteiger partial charge is 0.419 e. The Labute approximate surface area is 184 Å². The number of alkyl halides is 3. The molecule has 174 valence electrons. The number of carbonyl (C=O) groups is 2. The Balaban J connectivity index is 1.42. The van der Waals surface area contributed by atoms with Gasteiger partial charge in [-0.3, -0.25) is 14.4 Å². The van der Waals surface area contributed by atoms with Gasteiger partial charge in [0.05, 0.1) is 11.6 Å². The Morgan fingerprint density at radius 2 is 1.97 bits per heavy atom. The monoisotopic (exact) mass is 465 g/mol. The summed E-state index contributed by atoms with van der Waals surface area (Å²) in [5.41, 5.74) is -3.60. The number of fused-ring (bicyclic) bond motifs is 6. The van der Waals surface area contributed by atoms with Gasteiger partial charge in [-0.15, -0.1) is 0 Å². The third-order valence-electron chi connectivity index (χ3n) is 6.89. The summed E-state index contributed by atoms with van der Waals surface area (Å²) >= 11 is 0. The minimum atomic E-state index is -4.90. The Morgan fingerprint density at radius 3 is 2.70 bits per heavy atom. The van der Waals surface area contributed by atoms with Crippen molar-refractivity contribution >= 4 is 11.8 Å². The summed E-state index contributed by atoms with van der Waals surface area (Å²) in [5, 5.41) is 12.7. The molecule has 2 aliphatic heterocycles. The first kappa shape index (κ1) is 21.5. The molecular weight excluding hydrogens is 446 g/mol. The van der Waals surface area contributed by atoms with E-state index in [1.807, 2.05) is 0 Å². The van der Waals surface area contributed by atoms with Gasteiger partial charge in [-0.25, -0.2) is 4.39 Å². The predicted octanol–water partition coefficient (Wildman–Crippen LogP) is 2.65. The first-order chi connectivity index (χ1) is 15.6. The average Bonchev–Trinajstić information content (AvgIpc) is 3.36. The summed E-state index contributed by atoms with van der Waals surface area (Å²) in [7, 11) is 0. The minimum absolute atomic E-state index is 0.0826. The molecule has 2 aromatic rings. The summed E-state index contributed by atoms with van der Waals surface area (Å²) in [6.45, 7) is -0.283. The maximum atomic E-state index is 14.2. The van der Waals surface area contributed by atoms with Crippen molar-refractivity contribution in [3.8, 4) is 5.75 Å². The molecule has 2 fully saturated rings. The van der Waals surface area contributed by atoms with Crippen LogP contribution < -0.4 is 10.7 Å². The van der Waals surface area contributed by atoms with Crippen molar-refractivity contribution in [2.75, 3.05) is 0 Å². The molecule has 11 heteroatoms. The van der Waals surface area contributed by atoms with E-state index >= 15 is 0 Å². The fourth-order valence-electron chi connectivity index (χ4n) is 5.35. The van der Waals surface area contributed by atoms with Gasteiger partial charge in [0.1, 0.15) is 11.4 Å². The fraction of sp³-hybridized carbons (Fsp3) is 0.409. The molecule has 3 aliphatic rings. The number of piperidine rings is 1. The van der Waals surface area contributed by atoms with Crippen LogP contribution in [0.15, 0.2) is 29.2 Å². The maximum absolute atomic E-state index is 14.2. The highest BCUT2D eigenvalue weighted by atomic mass is 19.4. The highest BCUT2D eigenvalue weighted by Gasteiger charge is 2.51. The number of nitrogens with one attached hydrogen (secondary N) is 1. The Bertz CT molecular complexity index is 1240. The zero-order valence-corrected chi connectivity index (χ0v) is 17.2. The third kappa shape index (κ3) is 3.28. The second-order valence-electron chi connectivity index (χ2n) is 8.69. The Kier molecular flexibility index (Phi) is 4.77. The van der Waals surface area contributed by atoms with Gasteiger partial charge in [0.25, 0.3) is 11.8 Å². The maximum Gasteiger partial charge on any atom is 0.419 e. The van der Waals surface area contributed by atoms with Gasteiger partial charge in [0.2, 0.25) is 5.43 Å². The second kappa shape index (κ2) is 7.32. The molecule has 1 aromatic carbocycles. The van der Waals surface area contributed by atoms with Crippen molar-refractivity contribution in [3.63, 3.8) is 0 Å². The zero-order valence-electron chi connectivity index (χ0n) is 17.2. The molecule has 5 rings (SSSR count). The van der Waals surface area contributed by atoms with Gasteiger partial charge in [-0.05, 0) is 31.2 Å². The summed E-state index contributed by atoms with van der Waals surface area (Å²) in [6.07, 6.45) is -0.989. The Hall–Kier alpha value is -3.37. The van der Waals surface area contributed by atoms with E-state index in [2.05, 4.69) is 5.32 Å². The molecular formula is C22H19F4N3O4. The molecule has 2 amide bonds. The van der Waals surface area contributed by atoms with Crippen molar-refractivity contribution in [3.05, 3.63) is 62.8 Å². The van der Waals surface area contributed by atoms with Crippen LogP contribution in [-0.2, 0) is 19.3 Å². The quantitative estimate of drug-likeness (QED) is 0.682. The van der Waals surface area contributed by atoms with E-state index in [4.69, 9.17) is 0 Å². The van der Waals surface area contributed by atoms with Crippen molar-refractivity contribution < 1.29 is 32.3 Å². The third-order valence-corrected chi connectivity index (χ3v) is 6.89. The normalized spacial score (nSPS) is 23.5. The fourth-order valence-corrected chi connectivity index (χ4v) is 5.35. The number of aromatic nitrogens is 1. The topological polar surface area (TPSA) is 91.6 Å². The number of hydrogen-bond acceptors (Lipinski definition) is 4. The molecule has 2 bridgehead atoms. The predicted molar refractivity (Wildman–Crippen MR) is 106 cm³/mol. The molecule has 3 atom stereocenters. The van der Waals surface area contributed by atoms with Crippen LogP contribution in [0.3, 0.4) is 0 Å². The van der Waals surface area contributed by atoms with E-state index in [1.165, 1.54) is 10.8 Å². The van der Waals surface area contributed by atoms with Crippen molar-refractivity contribution in [2.24, 2.45) is 5.92 Å². The van der Waals surface area contributed by atoms with Gasteiger partial charge >= 0.3 is 6.18 Å². The molecule has 1 saturated heterocycles. The van der Waals surface area contributed by atoms with Crippen LogP contribution in [0.5, 0.6) is 5.75 Å². The first-order valence-electron chi connectivity index (χ1n) is 10.5. The second-order valence-corrected chi connectivity index (χ2v) is 8.69. The molecule has 1 aliphatic carbocycles. The van der Waals surface area contributed by atoms with Gasteiger partial charge in [-0.2, -0.15) is 13.2 Å². The lowest BCUT2D eigenvalue weighted by Crippen LogP contribution is -2.52. The van der Waals surface area contributed by atoms with E-state index in [-0.39, 0.29) is 17.8 Å². The molecule has 1 saturated carbocycles. The van der Waals surface area contributed by atoms with Crippen molar-refractivity contribution in [1.82, 2.24) is 14.8 Å². The number of amides is 2. The number of rotatable bonds is 3. The number of nitrogens with zero attached hydrogens (tertiary/aromatic N) is 2. The minimum Gasteiger partial charge on any atom is -0.503 e. The van der Waals surface area contributed by atoms with Crippen molar-refractivity contribution in [2.45, 2.75) is 50.6 Å². The molecule has 2 N–H and O–H groups in total. The molecule has 0 unspecified atom stereocenters. The first-order valence-corrected chi connectivity index (χ1v) is 10.5. The number of aromatic hydroxyl groups is 1. The standard InChI is InChI=1S/C22H19F4N3O4/c23-16-11(2-1-3-14(16)22(24,25)26)7-27-20(32)13-8-28-9-15-10-4-5-12(6-10)29(15)21(33)17(28)19(31)18(13)30/h1-3,8,10,12,15,31H,4-7,9H2,(H,27,32)/t10-,12+,15+/m1/s1. The van der Waals surface area contributed by atoms with Crippen LogP contribution >= 0.6 is 0 Å². The summed E-state index contributed by atoms with van der Waals surface area (Å²) in [6, 6.07) is 2.69. The molecule has 7 nitrogen and oxygen atoms in total. The molecule has 1 aromatic heterocycles. The molecule has 3 heterocycles. The van der Waals surface area contributed by atoms with Crippen LogP contribution in [-0.4, -0.2) is 38.5 Å². The lowest BCUT2D eigenvalue weighted by molar-refractivity contribution is -0.140. The van der Waals surface area contributed by atoms with E-state index in [0.29, 0.717) is 18.5 Å². The number of hydrogen-bond donors (Lipinski definition) is 2. The van der Waals surface area contributed by atoms with Crippen molar-refractivity contribution in [1.29, 1.82) is 0 Å². The van der Waals surface area contributed by atoms with E-state index < -0.39 is 58.2 Å². The summed E-state index contributed by atoms with van der Waals surface area (Å²) < 4.78 is 54.3. The number of pyridine rings is 1. The number of carbonyl (C=O) groups excluding carboxylic acids is 2. The van der Waals surface area contributed by atoms with Gasteiger partial charge in [-0.1, -0.05) is 12.1 Å². The van der Waals surface area contributed by atoms with E-state index in [1.54, 1.807) is 4.90 Å². The molecule has 0 spiro atoms. The van der Waals surface area contributed by atoms with Crippen LogP contribution in [0.4, 0.5) is 17.6 Å². The lowest BCUT2D eigenvalue weighted by atomic mass is 9.95. The van der Waals surface area contributed by atoms with Crippen LogP contribution in [0.25, 0.3) is 0 Å². The zero-order chi connectivity index (χ0) is 23.7. The Morgan fingerprint density at radius 1 is 1.21 bits per heavy atom. The van der Waals surface area contributed by atoms with Gasteiger partial charge in [0, 0.05) is 30.9 Å². The summed E-state index contributed by atoms with van der Waals surface area (Å²) in [4.78, 5) is 40.0. The van der Waals surface area contributed by atoms with E-state index in [0.717, 1.165) is 31.4 Å². The largest absolute Gasteiger partial charge is 0.503 e.